The summed E-state index contributed by atoms with van der Waals surface area (Å²) in [4.78, 5) is 14.2. The first kappa shape index (κ1) is 15.9. The molecule has 5 heteroatoms. The first-order valence-corrected chi connectivity index (χ1v) is 7.74. The number of amides is 1. The summed E-state index contributed by atoms with van der Waals surface area (Å²) >= 11 is 1.79. The number of carbonyl (C=O) groups excluding carboxylic acids is 1. The Morgan fingerprint density at radius 1 is 1.53 bits per heavy atom. The molecule has 0 saturated heterocycles. The number of nitrogens with one attached hydrogen (secondary N) is 1. The summed E-state index contributed by atoms with van der Waals surface area (Å²) < 4.78 is 0. The molecule has 1 atom stereocenters. The highest BCUT2D eigenvalue weighted by Crippen LogP contribution is 2.19. The normalized spacial score (nSPS) is 12.1. The summed E-state index contributed by atoms with van der Waals surface area (Å²) in [5.74, 6) is 6.54. The van der Waals surface area contributed by atoms with E-state index in [4.69, 9.17) is 5.84 Å². The maximum Gasteiger partial charge on any atom is 0.255 e. The molecule has 1 aromatic rings. The zero-order valence-electron chi connectivity index (χ0n) is 12.1. The van der Waals surface area contributed by atoms with Crippen LogP contribution in [0.4, 0.5) is 5.69 Å². The van der Waals surface area contributed by atoms with Gasteiger partial charge in [0.15, 0.2) is 0 Å². The van der Waals surface area contributed by atoms with Crippen LogP contribution in [0, 0.1) is 6.92 Å². The van der Waals surface area contributed by atoms with Crippen molar-refractivity contribution in [1.82, 2.24) is 4.90 Å². The third-order valence-corrected chi connectivity index (χ3v) is 3.93. The fourth-order valence-corrected chi connectivity index (χ4v) is 2.41. The van der Waals surface area contributed by atoms with Crippen LogP contribution in [0.3, 0.4) is 0 Å². The molecule has 0 spiro atoms. The molecule has 0 aliphatic carbocycles. The van der Waals surface area contributed by atoms with E-state index in [0.717, 1.165) is 17.7 Å². The van der Waals surface area contributed by atoms with Gasteiger partial charge in [0.05, 0.1) is 11.3 Å². The molecule has 19 heavy (non-hydrogen) atoms. The molecule has 4 nitrogen and oxygen atoms in total. The SMILES string of the molecule is CSCCC(C)N(C)C(=O)c1ccc(C)cc1NN. The molecule has 0 aliphatic rings. The number of anilines is 1. The third-order valence-electron chi connectivity index (χ3n) is 3.28. The van der Waals surface area contributed by atoms with Crippen molar-refractivity contribution in [3.05, 3.63) is 29.3 Å². The second-order valence-electron chi connectivity index (χ2n) is 4.74. The monoisotopic (exact) mass is 281 g/mol. The zero-order chi connectivity index (χ0) is 14.4. The quantitative estimate of drug-likeness (QED) is 0.621. The number of hydrogen-bond acceptors (Lipinski definition) is 4. The Kier molecular flexibility index (Phi) is 6.18. The van der Waals surface area contributed by atoms with Crippen molar-refractivity contribution in [3.63, 3.8) is 0 Å². The average Bonchev–Trinajstić information content (AvgIpc) is 2.42. The number of carbonyl (C=O) groups is 1. The summed E-state index contributed by atoms with van der Waals surface area (Å²) in [6, 6.07) is 5.85. The Balaban J connectivity index is 2.87. The van der Waals surface area contributed by atoms with Crippen LogP contribution in [0.15, 0.2) is 18.2 Å². The Bertz CT molecular complexity index is 437. The number of hydrazine groups is 1. The van der Waals surface area contributed by atoms with Crippen molar-refractivity contribution in [2.24, 2.45) is 5.84 Å². The van der Waals surface area contributed by atoms with E-state index in [1.165, 1.54) is 0 Å². The maximum absolute atomic E-state index is 12.5. The second-order valence-corrected chi connectivity index (χ2v) is 5.73. The summed E-state index contributed by atoms with van der Waals surface area (Å²) in [5, 5.41) is 0. The van der Waals surface area contributed by atoms with E-state index in [0.29, 0.717) is 11.3 Å². The number of aryl methyl sites for hydroxylation is 1. The van der Waals surface area contributed by atoms with Gasteiger partial charge < -0.3 is 10.3 Å². The highest BCUT2D eigenvalue weighted by atomic mass is 32.2. The van der Waals surface area contributed by atoms with Gasteiger partial charge >= 0.3 is 0 Å². The third kappa shape index (κ3) is 4.14. The fourth-order valence-electron chi connectivity index (χ4n) is 1.84. The molecule has 0 aromatic heterocycles. The predicted molar refractivity (Wildman–Crippen MR) is 83.5 cm³/mol. The molecule has 0 fully saturated rings. The number of benzene rings is 1. The number of nitrogen functional groups attached to an aromatic ring is 1. The van der Waals surface area contributed by atoms with Crippen molar-refractivity contribution < 1.29 is 4.79 Å². The van der Waals surface area contributed by atoms with E-state index in [1.54, 1.807) is 16.7 Å². The molecule has 1 amide bonds. The number of hydrogen-bond donors (Lipinski definition) is 2. The van der Waals surface area contributed by atoms with Gasteiger partial charge in [-0.1, -0.05) is 6.07 Å². The summed E-state index contributed by atoms with van der Waals surface area (Å²) in [7, 11) is 1.84. The zero-order valence-corrected chi connectivity index (χ0v) is 12.9. The summed E-state index contributed by atoms with van der Waals surface area (Å²) in [6.07, 6.45) is 3.06. The average molecular weight is 281 g/mol. The fraction of sp³-hybridized carbons (Fsp3) is 0.500. The van der Waals surface area contributed by atoms with E-state index in [1.807, 2.05) is 32.2 Å². The molecule has 1 unspecified atom stereocenters. The molecule has 0 heterocycles. The minimum Gasteiger partial charge on any atom is -0.339 e. The van der Waals surface area contributed by atoms with E-state index in [2.05, 4.69) is 18.6 Å². The minimum absolute atomic E-state index is 0.00144. The lowest BCUT2D eigenvalue weighted by atomic mass is 10.1. The first-order valence-electron chi connectivity index (χ1n) is 6.34. The van der Waals surface area contributed by atoms with Gasteiger partial charge in [0.25, 0.3) is 5.91 Å². The van der Waals surface area contributed by atoms with Crippen LogP contribution in [0.2, 0.25) is 0 Å². The molecule has 1 aromatic carbocycles. The predicted octanol–water partition coefficient (Wildman–Crippen LogP) is 2.49. The molecule has 0 bridgehead atoms. The smallest absolute Gasteiger partial charge is 0.255 e. The van der Waals surface area contributed by atoms with E-state index in [-0.39, 0.29) is 11.9 Å². The Labute approximate surface area is 119 Å². The minimum atomic E-state index is 0.00144. The molecule has 0 saturated carbocycles. The number of nitrogens with zero attached hydrogens (tertiary/aromatic N) is 1. The molecule has 3 N–H and O–H groups in total. The molecule has 1 rings (SSSR count). The van der Waals surface area contributed by atoms with Crippen molar-refractivity contribution in [2.45, 2.75) is 26.3 Å². The van der Waals surface area contributed by atoms with Crippen molar-refractivity contribution in [2.75, 3.05) is 24.5 Å². The Morgan fingerprint density at radius 3 is 2.79 bits per heavy atom. The van der Waals surface area contributed by atoms with Gasteiger partial charge in [0, 0.05) is 13.1 Å². The lowest BCUT2D eigenvalue weighted by Gasteiger charge is -2.25. The van der Waals surface area contributed by atoms with E-state index >= 15 is 0 Å². The molecule has 0 radical (unpaired) electrons. The van der Waals surface area contributed by atoms with E-state index < -0.39 is 0 Å². The molecule has 0 aliphatic heterocycles. The van der Waals surface area contributed by atoms with Crippen LogP contribution in [0.5, 0.6) is 0 Å². The lowest BCUT2D eigenvalue weighted by Crippen LogP contribution is -2.36. The van der Waals surface area contributed by atoms with Crippen LogP contribution in [0.25, 0.3) is 0 Å². The van der Waals surface area contributed by atoms with Crippen molar-refractivity contribution in [3.8, 4) is 0 Å². The van der Waals surface area contributed by atoms with E-state index in [9.17, 15) is 4.79 Å². The van der Waals surface area contributed by atoms with Gasteiger partial charge in [-0.25, -0.2) is 0 Å². The Hall–Kier alpha value is -1.20. The first-order chi connectivity index (χ1) is 9.01. The summed E-state index contributed by atoms with van der Waals surface area (Å²) in [6.45, 7) is 4.04. The number of nitrogens with two attached hydrogens (primary N) is 1. The number of thioether (sulfide) groups is 1. The maximum atomic E-state index is 12.5. The standard InChI is InChI=1S/C14H23N3OS/c1-10-5-6-12(13(9-10)16-15)14(18)17(3)11(2)7-8-19-4/h5-6,9,11,16H,7-8,15H2,1-4H3. The van der Waals surface area contributed by atoms with Crippen LogP contribution in [0.1, 0.15) is 29.3 Å². The Morgan fingerprint density at radius 2 is 2.21 bits per heavy atom. The van der Waals surface area contributed by atoms with Crippen molar-refractivity contribution >= 4 is 23.4 Å². The van der Waals surface area contributed by atoms with Crippen molar-refractivity contribution in [1.29, 1.82) is 0 Å². The molecular formula is C14H23N3OS. The summed E-state index contributed by atoms with van der Waals surface area (Å²) in [5.41, 5.74) is 4.97. The van der Waals surface area contributed by atoms with Gasteiger partial charge in [-0.3, -0.25) is 10.6 Å². The lowest BCUT2D eigenvalue weighted by molar-refractivity contribution is 0.0742. The van der Waals surface area contributed by atoms with Crippen LogP contribution < -0.4 is 11.3 Å². The topological polar surface area (TPSA) is 58.4 Å². The number of rotatable bonds is 6. The van der Waals surface area contributed by atoms with Gasteiger partial charge in [-0.2, -0.15) is 11.8 Å². The van der Waals surface area contributed by atoms with Crippen LogP contribution in [-0.2, 0) is 0 Å². The van der Waals surface area contributed by atoms with Gasteiger partial charge in [0.2, 0.25) is 0 Å². The second kappa shape index (κ2) is 7.40. The van der Waals surface area contributed by atoms with Crippen LogP contribution in [-0.4, -0.2) is 35.9 Å². The highest BCUT2D eigenvalue weighted by Gasteiger charge is 2.19. The molecular weight excluding hydrogens is 258 g/mol. The largest absolute Gasteiger partial charge is 0.339 e. The molecule has 106 valence electrons. The highest BCUT2D eigenvalue weighted by molar-refractivity contribution is 7.98. The van der Waals surface area contributed by atoms with Crippen LogP contribution >= 0.6 is 11.8 Å². The van der Waals surface area contributed by atoms with Gasteiger partial charge in [-0.05, 0) is 50.0 Å². The van der Waals surface area contributed by atoms with Gasteiger partial charge in [0.1, 0.15) is 0 Å². The van der Waals surface area contributed by atoms with Gasteiger partial charge in [-0.15, -0.1) is 0 Å².